The maximum absolute atomic E-state index is 10.6. The number of primary amides is 1. The summed E-state index contributed by atoms with van der Waals surface area (Å²) in [7, 11) is 0. The number of carboxylic acid groups (broad SMARTS) is 1. The molecule has 0 aliphatic carbocycles. The van der Waals surface area contributed by atoms with Crippen LogP contribution in [0.3, 0.4) is 0 Å². The zero-order valence-electron chi connectivity index (χ0n) is 7.65. The molecule has 1 atom stereocenters. The molecule has 0 heterocycles. The molecule has 0 aromatic rings. The molecule has 0 rings (SSSR count). The highest BCUT2D eigenvalue weighted by molar-refractivity contribution is 8.13. The summed E-state index contributed by atoms with van der Waals surface area (Å²) in [6.07, 6.45) is 0.169. The van der Waals surface area contributed by atoms with E-state index in [9.17, 15) is 14.4 Å². The van der Waals surface area contributed by atoms with Crippen molar-refractivity contribution in [3.63, 3.8) is 0 Å². The van der Waals surface area contributed by atoms with Crippen molar-refractivity contribution in [1.82, 2.24) is 5.32 Å². The van der Waals surface area contributed by atoms with Crippen LogP contribution >= 0.6 is 11.8 Å². The van der Waals surface area contributed by atoms with Crippen molar-refractivity contribution in [2.24, 2.45) is 5.73 Å². The topological polar surface area (TPSA) is 109 Å². The summed E-state index contributed by atoms with van der Waals surface area (Å²) in [5.41, 5.74) is 4.85. The van der Waals surface area contributed by atoms with Crippen LogP contribution in [0.25, 0.3) is 0 Å². The van der Waals surface area contributed by atoms with Crippen molar-refractivity contribution in [3.05, 3.63) is 0 Å². The lowest BCUT2D eigenvalue weighted by molar-refractivity contribution is -0.141. The van der Waals surface area contributed by atoms with E-state index < -0.39 is 23.2 Å². The average molecular weight is 220 g/mol. The maximum Gasteiger partial charge on any atom is 0.326 e. The van der Waals surface area contributed by atoms with E-state index in [-0.39, 0.29) is 12.2 Å². The Morgan fingerprint density at radius 2 is 2.07 bits per heavy atom. The first-order valence-electron chi connectivity index (χ1n) is 3.85. The lowest BCUT2D eigenvalue weighted by Gasteiger charge is -2.11. The number of carbonyl (C=O) groups is 3. The molecule has 0 saturated heterocycles. The summed E-state index contributed by atoms with van der Waals surface area (Å²) in [6.45, 7) is 1.23. The highest BCUT2D eigenvalue weighted by Gasteiger charge is 2.17. The quantitative estimate of drug-likeness (QED) is 0.593. The molecule has 7 heteroatoms. The second-order valence-corrected chi connectivity index (χ2v) is 3.65. The Morgan fingerprint density at radius 1 is 1.50 bits per heavy atom. The van der Waals surface area contributed by atoms with E-state index in [1.807, 2.05) is 0 Å². The first kappa shape index (κ1) is 12.8. The Labute approximate surface area is 85.2 Å². The summed E-state index contributed by atoms with van der Waals surface area (Å²) in [5, 5.41) is 10.3. The summed E-state index contributed by atoms with van der Waals surface area (Å²) in [6, 6.07) is -0.959. The Kier molecular flexibility index (Phi) is 5.70. The van der Waals surface area contributed by atoms with Crippen LogP contribution in [0.5, 0.6) is 0 Å². The molecule has 1 unspecified atom stereocenters. The van der Waals surface area contributed by atoms with Gasteiger partial charge in [0.25, 0.3) is 5.24 Å². The van der Waals surface area contributed by atoms with Crippen LogP contribution in [0.1, 0.15) is 13.3 Å². The van der Waals surface area contributed by atoms with E-state index >= 15 is 0 Å². The van der Waals surface area contributed by atoms with Gasteiger partial charge in [-0.15, -0.1) is 0 Å². The van der Waals surface area contributed by atoms with Gasteiger partial charge < -0.3 is 16.2 Å². The molecular formula is C7H12N2O4S. The summed E-state index contributed by atoms with van der Waals surface area (Å²) < 4.78 is 0. The second kappa shape index (κ2) is 6.25. The lowest BCUT2D eigenvalue weighted by Crippen LogP contribution is -2.40. The predicted octanol–water partition coefficient (Wildman–Crippen LogP) is -0.222. The van der Waals surface area contributed by atoms with E-state index in [0.717, 1.165) is 11.8 Å². The fourth-order valence-electron chi connectivity index (χ4n) is 0.780. The minimum Gasteiger partial charge on any atom is -0.480 e. The van der Waals surface area contributed by atoms with Crippen molar-refractivity contribution in [2.45, 2.75) is 19.4 Å². The van der Waals surface area contributed by atoms with E-state index in [1.54, 1.807) is 0 Å². The molecule has 0 saturated carbocycles. The van der Waals surface area contributed by atoms with Gasteiger partial charge in [0.1, 0.15) is 6.04 Å². The molecule has 14 heavy (non-hydrogen) atoms. The number of thioether (sulfide) groups is 1. The van der Waals surface area contributed by atoms with Crippen LogP contribution in [0.15, 0.2) is 0 Å². The Hall–Kier alpha value is -1.24. The highest BCUT2D eigenvalue weighted by Crippen LogP contribution is 2.04. The zero-order valence-corrected chi connectivity index (χ0v) is 8.47. The molecule has 0 aliphatic heterocycles. The van der Waals surface area contributed by atoms with Crippen LogP contribution in [0.4, 0.5) is 4.79 Å². The third kappa shape index (κ3) is 6.30. The molecule has 0 aliphatic rings. The van der Waals surface area contributed by atoms with Gasteiger partial charge >= 0.3 is 5.97 Å². The first-order valence-corrected chi connectivity index (χ1v) is 4.84. The van der Waals surface area contributed by atoms with Gasteiger partial charge in [0, 0.05) is 12.7 Å². The third-order valence-electron chi connectivity index (χ3n) is 1.33. The molecular weight excluding hydrogens is 208 g/mol. The monoisotopic (exact) mass is 220 g/mol. The van der Waals surface area contributed by atoms with Gasteiger partial charge in [-0.2, -0.15) is 0 Å². The van der Waals surface area contributed by atoms with Crippen molar-refractivity contribution in [1.29, 1.82) is 0 Å². The van der Waals surface area contributed by atoms with Crippen LogP contribution in [0, 0.1) is 0 Å². The summed E-state index contributed by atoms with van der Waals surface area (Å²) in [5.74, 6) is -1.27. The SMILES string of the molecule is CC(=O)NC(CCSC(N)=O)C(=O)O. The van der Waals surface area contributed by atoms with Crippen LogP contribution in [-0.2, 0) is 9.59 Å². The minimum absolute atomic E-state index is 0.169. The smallest absolute Gasteiger partial charge is 0.326 e. The molecule has 2 amide bonds. The molecule has 0 spiro atoms. The highest BCUT2D eigenvalue weighted by atomic mass is 32.2. The van der Waals surface area contributed by atoms with Gasteiger partial charge in [-0.25, -0.2) is 4.79 Å². The van der Waals surface area contributed by atoms with Crippen LogP contribution in [0.2, 0.25) is 0 Å². The molecule has 0 fully saturated rings. The summed E-state index contributed by atoms with van der Waals surface area (Å²) in [4.78, 5) is 31.5. The van der Waals surface area contributed by atoms with Crippen LogP contribution < -0.4 is 11.1 Å². The predicted molar refractivity (Wildman–Crippen MR) is 51.9 cm³/mol. The molecule has 0 aromatic heterocycles. The molecule has 0 bridgehead atoms. The third-order valence-corrected chi connectivity index (χ3v) is 2.05. The van der Waals surface area contributed by atoms with E-state index in [0.29, 0.717) is 0 Å². The number of hydrogen-bond donors (Lipinski definition) is 3. The Balaban J connectivity index is 3.91. The van der Waals surface area contributed by atoms with Gasteiger partial charge in [0.2, 0.25) is 5.91 Å². The van der Waals surface area contributed by atoms with Gasteiger partial charge in [0.05, 0.1) is 0 Å². The van der Waals surface area contributed by atoms with E-state index in [2.05, 4.69) is 5.32 Å². The second-order valence-electron chi connectivity index (χ2n) is 2.55. The van der Waals surface area contributed by atoms with E-state index in [4.69, 9.17) is 10.8 Å². The zero-order chi connectivity index (χ0) is 11.1. The normalized spacial score (nSPS) is 11.8. The number of hydrogen-bond acceptors (Lipinski definition) is 4. The number of nitrogens with two attached hydrogens (primary N) is 1. The number of nitrogens with one attached hydrogen (secondary N) is 1. The Bertz CT molecular complexity index is 244. The number of aliphatic carboxylic acids is 1. The molecule has 0 radical (unpaired) electrons. The lowest BCUT2D eigenvalue weighted by atomic mass is 10.2. The summed E-state index contributed by atoms with van der Waals surface area (Å²) >= 11 is 0.828. The minimum atomic E-state index is -1.12. The van der Waals surface area contributed by atoms with Crippen molar-refractivity contribution in [3.8, 4) is 0 Å². The molecule has 6 nitrogen and oxygen atoms in total. The number of rotatable bonds is 5. The van der Waals surface area contributed by atoms with Gasteiger partial charge in [-0.05, 0) is 6.42 Å². The molecule has 4 N–H and O–H groups in total. The van der Waals surface area contributed by atoms with Gasteiger partial charge in [0.15, 0.2) is 0 Å². The van der Waals surface area contributed by atoms with Gasteiger partial charge in [-0.1, -0.05) is 11.8 Å². The van der Waals surface area contributed by atoms with Crippen molar-refractivity contribution < 1.29 is 19.5 Å². The van der Waals surface area contributed by atoms with Crippen molar-refractivity contribution >= 4 is 28.9 Å². The van der Waals surface area contributed by atoms with Crippen LogP contribution in [-0.4, -0.2) is 34.0 Å². The van der Waals surface area contributed by atoms with Crippen molar-refractivity contribution in [2.75, 3.05) is 5.75 Å². The maximum atomic E-state index is 10.6. The average Bonchev–Trinajstić information content (AvgIpc) is 2.00. The Morgan fingerprint density at radius 3 is 2.43 bits per heavy atom. The fraction of sp³-hybridized carbons (Fsp3) is 0.571. The first-order chi connectivity index (χ1) is 6.43. The fourth-order valence-corrected chi connectivity index (χ4v) is 1.33. The standard InChI is InChI=1S/C7H12N2O4S/c1-4(10)9-5(6(11)12)2-3-14-7(8)13/h5H,2-3H2,1H3,(H2,8,13)(H,9,10)(H,11,12). The molecule has 0 aromatic carbocycles. The largest absolute Gasteiger partial charge is 0.480 e. The number of amides is 2. The van der Waals surface area contributed by atoms with E-state index in [1.165, 1.54) is 6.92 Å². The van der Waals surface area contributed by atoms with Gasteiger partial charge in [-0.3, -0.25) is 9.59 Å². The molecule has 80 valence electrons. The number of carboxylic acids is 1. The number of carbonyl (C=O) groups excluding carboxylic acids is 2.